The first-order valence-corrected chi connectivity index (χ1v) is 6.62. The molecule has 0 fully saturated rings. The Morgan fingerprint density at radius 3 is 2.65 bits per heavy atom. The SMILES string of the molecule is COc1c(C)cnc(CNCCNC(=O)N(C)C)c1C. The van der Waals surface area contributed by atoms with Gasteiger partial charge >= 0.3 is 6.03 Å². The third-order valence-corrected chi connectivity index (χ3v) is 3.03. The first kappa shape index (κ1) is 16.2. The van der Waals surface area contributed by atoms with E-state index in [0.717, 1.165) is 22.6 Å². The van der Waals surface area contributed by atoms with Gasteiger partial charge in [0, 0.05) is 51.1 Å². The van der Waals surface area contributed by atoms with E-state index in [1.54, 1.807) is 21.2 Å². The molecule has 2 N–H and O–H groups in total. The lowest BCUT2D eigenvalue weighted by molar-refractivity contribution is 0.217. The summed E-state index contributed by atoms with van der Waals surface area (Å²) in [5, 5.41) is 6.05. The fourth-order valence-corrected chi connectivity index (χ4v) is 1.87. The predicted molar refractivity (Wildman–Crippen MR) is 79.1 cm³/mol. The summed E-state index contributed by atoms with van der Waals surface area (Å²) >= 11 is 0. The lowest BCUT2D eigenvalue weighted by Gasteiger charge is -2.14. The van der Waals surface area contributed by atoms with E-state index >= 15 is 0 Å². The van der Waals surface area contributed by atoms with Gasteiger partial charge in [0.25, 0.3) is 0 Å². The van der Waals surface area contributed by atoms with Crippen molar-refractivity contribution in [1.82, 2.24) is 20.5 Å². The second kappa shape index (κ2) is 7.69. The molecule has 0 aromatic carbocycles. The van der Waals surface area contributed by atoms with Gasteiger partial charge in [-0.1, -0.05) is 0 Å². The van der Waals surface area contributed by atoms with Crippen molar-refractivity contribution < 1.29 is 9.53 Å². The van der Waals surface area contributed by atoms with Crippen molar-refractivity contribution in [2.45, 2.75) is 20.4 Å². The Morgan fingerprint density at radius 1 is 1.35 bits per heavy atom. The van der Waals surface area contributed by atoms with Crippen molar-refractivity contribution in [3.8, 4) is 5.75 Å². The molecule has 0 atom stereocenters. The molecule has 1 rings (SSSR count). The number of hydrogen-bond acceptors (Lipinski definition) is 4. The van der Waals surface area contributed by atoms with Crippen molar-refractivity contribution in [2.75, 3.05) is 34.3 Å². The van der Waals surface area contributed by atoms with Crippen molar-refractivity contribution in [3.05, 3.63) is 23.0 Å². The molecule has 6 nitrogen and oxygen atoms in total. The van der Waals surface area contributed by atoms with E-state index in [4.69, 9.17) is 4.74 Å². The van der Waals surface area contributed by atoms with Crippen molar-refractivity contribution in [3.63, 3.8) is 0 Å². The molecule has 0 aliphatic carbocycles. The third-order valence-electron chi connectivity index (χ3n) is 3.03. The van der Waals surface area contributed by atoms with E-state index in [2.05, 4.69) is 15.6 Å². The number of rotatable bonds is 6. The fourth-order valence-electron chi connectivity index (χ4n) is 1.87. The van der Waals surface area contributed by atoms with E-state index in [1.165, 1.54) is 4.90 Å². The zero-order chi connectivity index (χ0) is 15.1. The molecular formula is C14H24N4O2. The molecule has 0 radical (unpaired) electrons. The molecule has 0 saturated carbocycles. The number of nitrogens with one attached hydrogen (secondary N) is 2. The molecule has 1 aromatic heterocycles. The number of hydrogen-bond donors (Lipinski definition) is 2. The maximum absolute atomic E-state index is 11.3. The summed E-state index contributed by atoms with van der Waals surface area (Å²) in [5.74, 6) is 0.887. The molecule has 0 unspecified atom stereocenters. The Morgan fingerprint density at radius 2 is 2.05 bits per heavy atom. The molecule has 0 aliphatic heterocycles. The predicted octanol–water partition coefficient (Wildman–Crippen LogP) is 1.07. The van der Waals surface area contributed by atoms with Crippen LogP contribution < -0.4 is 15.4 Å². The second-order valence-electron chi connectivity index (χ2n) is 4.85. The van der Waals surface area contributed by atoms with Crippen molar-refractivity contribution in [2.24, 2.45) is 0 Å². The molecule has 1 aromatic rings. The number of nitrogens with zero attached hydrogens (tertiary/aromatic N) is 2. The highest BCUT2D eigenvalue weighted by molar-refractivity contribution is 5.73. The number of aromatic nitrogens is 1. The average Bonchev–Trinajstić information content (AvgIpc) is 2.40. The molecular weight excluding hydrogens is 256 g/mol. The summed E-state index contributed by atoms with van der Waals surface area (Å²) in [6, 6.07) is -0.0851. The minimum Gasteiger partial charge on any atom is -0.496 e. The molecule has 0 aliphatic rings. The van der Waals surface area contributed by atoms with Crippen LogP contribution in [0.1, 0.15) is 16.8 Å². The summed E-state index contributed by atoms with van der Waals surface area (Å²) in [6.45, 7) is 5.91. The van der Waals surface area contributed by atoms with Crippen LogP contribution in [0.3, 0.4) is 0 Å². The molecule has 1 heterocycles. The van der Waals surface area contributed by atoms with Gasteiger partial charge in [0.05, 0.1) is 12.8 Å². The highest BCUT2D eigenvalue weighted by Gasteiger charge is 2.08. The smallest absolute Gasteiger partial charge is 0.316 e. The zero-order valence-electron chi connectivity index (χ0n) is 12.9. The lowest BCUT2D eigenvalue weighted by Crippen LogP contribution is -2.38. The van der Waals surface area contributed by atoms with Gasteiger partial charge in [-0.05, 0) is 13.8 Å². The van der Waals surface area contributed by atoms with Crippen LogP contribution in [-0.4, -0.2) is 50.2 Å². The zero-order valence-corrected chi connectivity index (χ0v) is 12.9. The van der Waals surface area contributed by atoms with Gasteiger partial charge in [0.15, 0.2) is 0 Å². The lowest BCUT2D eigenvalue weighted by atomic mass is 10.1. The van der Waals surface area contributed by atoms with Crippen LogP contribution >= 0.6 is 0 Å². The van der Waals surface area contributed by atoms with Gasteiger partial charge in [-0.3, -0.25) is 4.98 Å². The minimum atomic E-state index is -0.0851. The second-order valence-corrected chi connectivity index (χ2v) is 4.85. The first-order valence-electron chi connectivity index (χ1n) is 6.62. The van der Waals surface area contributed by atoms with Gasteiger partial charge in [-0.15, -0.1) is 0 Å². The Bertz CT molecular complexity index is 461. The van der Waals surface area contributed by atoms with Crippen LogP contribution in [0.15, 0.2) is 6.20 Å². The number of ether oxygens (including phenoxy) is 1. The number of methoxy groups -OCH3 is 1. The fraction of sp³-hybridized carbons (Fsp3) is 0.571. The maximum atomic E-state index is 11.3. The van der Waals surface area contributed by atoms with Crippen molar-refractivity contribution in [1.29, 1.82) is 0 Å². The highest BCUT2D eigenvalue weighted by atomic mass is 16.5. The van der Waals surface area contributed by atoms with Gasteiger partial charge in [-0.2, -0.15) is 0 Å². The van der Waals surface area contributed by atoms with E-state index in [0.29, 0.717) is 19.6 Å². The van der Waals surface area contributed by atoms with Crippen LogP contribution in [0.4, 0.5) is 4.79 Å². The molecule has 0 bridgehead atoms. The van der Waals surface area contributed by atoms with Crippen LogP contribution in [0.2, 0.25) is 0 Å². The minimum absolute atomic E-state index is 0.0851. The number of carbonyl (C=O) groups excluding carboxylic acids is 1. The van der Waals surface area contributed by atoms with Crippen LogP contribution in [-0.2, 0) is 6.54 Å². The Balaban J connectivity index is 2.41. The largest absolute Gasteiger partial charge is 0.496 e. The number of pyridine rings is 1. The summed E-state index contributed by atoms with van der Waals surface area (Å²) in [4.78, 5) is 17.2. The summed E-state index contributed by atoms with van der Waals surface area (Å²) in [5.41, 5.74) is 3.05. The van der Waals surface area contributed by atoms with Crippen LogP contribution in [0.25, 0.3) is 0 Å². The molecule has 2 amide bonds. The summed E-state index contributed by atoms with van der Waals surface area (Å²) < 4.78 is 5.37. The monoisotopic (exact) mass is 280 g/mol. The normalized spacial score (nSPS) is 10.2. The van der Waals surface area contributed by atoms with Gasteiger partial charge in [0.1, 0.15) is 5.75 Å². The first-order chi connectivity index (χ1) is 9.47. The molecule has 112 valence electrons. The molecule has 0 saturated heterocycles. The maximum Gasteiger partial charge on any atom is 0.316 e. The molecule has 20 heavy (non-hydrogen) atoms. The Kier molecular flexibility index (Phi) is 6.24. The van der Waals surface area contributed by atoms with Crippen LogP contribution in [0, 0.1) is 13.8 Å². The standard InChI is InChI=1S/C14H24N4O2/c1-10-8-17-12(11(2)13(10)20-5)9-15-6-7-16-14(19)18(3)4/h8,15H,6-7,9H2,1-5H3,(H,16,19). The number of urea groups is 1. The van der Waals surface area contributed by atoms with E-state index in [1.807, 2.05) is 20.0 Å². The van der Waals surface area contributed by atoms with Gasteiger partial charge in [0.2, 0.25) is 0 Å². The summed E-state index contributed by atoms with van der Waals surface area (Å²) in [7, 11) is 5.10. The topological polar surface area (TPSA) is 66.5 Å². The van der Waals surface area contributed by atoms with E-state index in [9.17, 15) is 4.79 Å². The van der Waals surface area contributed by atoms with E-state index in [-0.39, 0.29) is 6.03 Å². The Hall–Kier alpha value is -1.82. The van der Waals surface area contributed by atoms with Crippen LogP contribution in [0.5, 0.6) is 5.75 Å². The third kappa shape index (κ3) is 4.38. The van der Waals surface area contributed by atoms with Gasteiger partial charge < -0.3 is 20.3 Å². The number of aryl methyl sites for hydroxylation is 1. The molecule has 6 heteroatoms. The quantitative estimate of drug-likeness (QED) is 0.765. The summed E-state index contributed by atoms with van der Waals surface area (Å²) in [6.07, 6.45) is 1.82. The molecule has 0 spiro atoms. The van der Waals surface area contributed by atoms with Crippen molar-refractivity contribution >= 4 is 6.03 Å². The number of carbonyl (C=O) groups is 1. The Labute approximate surface area is 120 Å². The number of amides is 2. The van der Waals surface area contributed by atoms with Gasteiger partial charge in [-0.25, -0.2) is 4.79 Å². The average molecular weight is 280 g/mol. The van der Waals surface area contributed by atoms with E-state index < -0.39 is 0 Å². The highest BCUT2D eigenvalue weighted by Crippen LogP contribution is 2.23.